The van der Waals surface area contributed by atoms with Crippen molar-refractivity contribution >= 4 is 18.1 Å². The summed E-state index contributed by atoms with van der Waals surface area (Å²) in [6.07, 6.45) is 1.29. The van der Waals surface area contributed by atoms with Crippen molar-refractivity contribution < 1.29 is 14.4 Å². The Morgan fingerprint density at radius 1 is 1.26 bits per heavy atom. The number of amides is 2. The maximum Gasteiger partial charge on any atom is 0.251 e. The fourth-order valence-electron chi connectivity index (χ4n) is 1.48. The molecule has 2 amide bonds. The van der Waals surface area contributed by atoms with Crippen molar-refractivity contribution in [2.75, 3.05) is 0 Å². The maximum atomic E-state index is 11.8. The van der Waals surface area contributed by atoms with Gasteiger partial charge in [0.05, 0.1) is 6.04 Å². The van der Waals surface area contributed by atoms with Crippen molar-refractivity contribution in [1.82, 2.24) is 10.6 Å². The molecule has 5 heteroatoms. The quantitative estimate of drug-likeness (QED) is 0.752. The Balaban J connectivity index is 2.62. The van der Waals surface area contributed by atoms with E-state index in [-0.39, 0.29) is 11.8 Å². The standard InChI is InChI=1S/C14H18N2O3/c1-3-13(9-17)16-14(19)12-6-4-11(5-7-12)8-15-10(2)18/h4-7,9,13H,3,8H2,1-2H3,(H,15,18)(H,16,19). The number of benzene rings is 1. The van der Waals surface area contributed by atoms with Crippen molar-refractivity contribution in [3.63, 3.8) is 0 Å². The molecule has 1 atom stereocenters. The number of carbonyl (C=O) groups excluding carboxylic acids is 3. The SMILES string of the molecule is CCC(C=O)NC(=O)c1ccc(CNC(C)=O)cc1. The lowest BCUT2D eigenvalue weighted by Crippen LogP contribution is -2.35. The fraction of sp³-hybridized carbons (Fsp3) is 0.357. The summed E-state index contributed by atoms with van der Waals surface area (Å²) in [5, 5.41) is 5.30. The molecular weight excluding hydrogens is 244 g/mol. The van der Waals surface area contributed by atoms with Crippen molar-refractivity contribution in [1.29, 1.82) is 0 Å². The van der Waals surface area contributed by atoms with Crippen LogP contribution in [0.5, 0.6) is 0 Å². The Morgan fingerprint density at radius 3 is 2.37 bits per heavy atom. The minimum absolute atomic E-state index is 0.0985. The van der Waals surface area contributed by atoms with Crippen molar-refractivity contribution in [2.45, 2.75) is 32.9 Å². The Bertz CT molecular complexity index is 454. The van der Waals surface area contributed by atoms with E-state index in [1.165, 1.54) is 6.92 Å². The molecule has 0 fully saturated rings. The molecule has 1 unspecified atom stereocenters. The molecule has 1 aromatic rings. The average molecular weight is 262 g/mol. The van der Waals surface area contributed by atoms with Crippen LogP contribution in [0.3, 0.4) is 0 Å². The van der Waals surface area contributed by atoms with Gasteiger partial charge in [-0.15, -0.1) is 0 Å². The zero-order chi connectivity index (χ0) is 14.3. The topological polar surface area (TPSA) is 75.3 Å². The van der Waals surface area contributed by atoms with Crippen LogP contribution in [-0.4, -0.2) is 24.1 Å². The second-order valence-corrected chi connectivity index (χ2v) is 4.23. The first kappa shape index (κ1) is 14.9. The third-order valence-corrected chi connectivity index (χ3v) is 2.68. The van der Waals surface area contributed by atoms with E-state index in [9.17, 15) is 14.4 Å². The number of aldehydes is 1. The predicted molar refractivity (Wildman–Crippen MR) is 71.6 cm³/mol. The molecule has 5 nitrogen and oxygen atoms in total. The van der Waals surface area contributed by atoms with Crippen LogP contribution in [0.15, 0.2) is 24.3 Å². The van der Waals surface area contributed by atoms with Crippen LogP contribution in [0.1, 0.15) is 36.2 Å². The van der Waals surface area contributed by atoms with Gasteiger partial charge in [-0.1, -0.05) is 19.1 Å². The van der Waals surface area contributed by atoms with Gasteiger partial charge in [-0.25, -0.2) is 0 Å². The first-order valence-electron chi connectivity index (χ1n) is 6.16. The molecule has 102 valence electrons. The number of nitrogens with one attached hydrogen (secondary N) is 2. The van der Waals surface area contributed by atoms with E-state index in [1.807, 2.05) is 6.92 Å². The molecule has 1 rings (SSSR count). The molecule has 0 aromatic heterocycles. The number of hydrogen-bond acceptors (Lipinski definition) is 3. The predicted octanol–water partition coefficient (Wildman–Crippen LogP) is 1.03. The number of carbonyl (C=O) groups is 3. The van der Waals surface area contributed by atoms with Crippen molar-refractivity contribution in [2.24, 2.45) is 0 Å². The number of rotatable bonds is 6. The van der Waals surface area contributed by atoms with Gasteiger partial charge in [-0.05, 0) is 24.1 Å². The van der Waals surface area contributed by atoms with E-state index in [0.29, 0.717) is 18.5 Å². The summed E-state index contributed by atoms with van der Waals surface area (Å²) in [5.74, 6) is -0.372. The molecular formula is C14H18N2O3. The number of hydrogen-bond donors (Lipinski definition) is 2. The van der Waals surface area contributed by atoms with Gasteiger partial charge in [-0.3, -0.25) is 9.59 Å². The minimum atomic E-state index is -0.452. The zero-order valence-corrected chi connectivity index (χ0v) is 11.1. The van der Waals surface area contributed by atoms with Gasteiger partial charge in [0.15, 0.2) is 0 Å². The first-order chi connectivity index (χ1) is 9.06. The summed E-state index contributed by atoms with van der Waals surface area (Å²) < 4.78 is 0. The summed E-state index contributed by atoms with van der Waals surface area (Å²) in [7, 11) is 0. The lowest BCUT2D eigenvalue weighted by molar-refractivity contribution is -0.119. The van der Waals surface area contributed by atoms with E-state index < -0.39 is 6.04 Å². The highest BCUT2D eigenvalue weighted by Gasteiger charge is 2.10. The van der Waals surface area contributed by atoms with Gasteiger partial charge in [0, 0.05) is 19.0 Å². The molecule has 0 aliphatic rings. The van der Waals surface area contributed by atoms with Gasteiger partial charge in [0.1, 0.15) is 6.29 Å². The summed E-state index contributed by atoms with van der Waals surface area (Å²) in [6.45, 7) is 3.71. The van der Waals surface area contributed by atoms with E-state index in [1.54, 1.807) is 24.3 Å². The zero-order valence-electron chi connectivity index (χ0n) is 11.1. The maximum absolute atomic E-state index is 11.8. The summed E-state index contributed by atoms with van der Waals surface area (Å²) >= 11 is 0. The van der Waals surface area contributed by atoms with E-state index in [2.05, 4.69) is 10.6 Å². The van der Waals surface area contributed by atoms with Crippen LogP contribution in [0.25, 0.3) is 0 Å². The average Bonchev–Trinajstić information content (AvgIpc) is 2.42. The Morgan fingerprint density at radius 2 is 1.89 bits per heavy atom. The highest BCUT2D eigenvalue weighted by Crippen LogP contribution is 2.05. The summed E-state index contributed by atoms with van der Waals surface area (Å²) in [4.78, 5) is 33.2. The van der Waals surface area contributed by atoms with Crippen LogP contribution < -0.4 is 10.6 Å². The van der Waals surface area contributed by atoms with Crippen LogP contribution in [0.4, 0.5) is 0 Å². The van der Waals surface area contributed by atoms with Gasteiger partial charge < -0.3 is 15.4 Å². The molecule has 0 bridgehead atoms. The van der Waals surface area contributed by atoms with E-state index in [0.717, 1.165) is 11.8 Å². The van der Waals surface area contributed by atoms with E-state index >= 15 is 0 Å². The molecule has 0 aliphatic heterocycles. The molecule has 0 saturated carbocycles. The van der Waals surface area contributed by atoms with Crippen LogP contribution in [0, 0.1) is 0 Å². The van der Waals surface area contributed by atoms with Crippen LogP contribution in [0.2, 0.25) is 0 Å². The molecule has 0 aliphatic carbocycles. The second-order valence-electron chi connectivity index (χ2n) is 4.23. The molecule has 19 heavy (non-hydrogen) atoms. The third-order valence-electron chi connectivity index (χ3n) is 2.68. The van der Waals surface area contributed by atoms with Gasteiger partial charge >= 0.3 is 0 Å². The highest BCUT2D eigenvalue weighted by molar-refractivity contribution is 5.95. The van der Waals surface area contributed by atoms with Gasteiger partial charge in [0.2, 0.25) is 5.91 Å². The monoisotopic (exact) mass is 262 g/mol. The van der Waals surface area contributed by atoms with Crippen LogP contribution in [-0.2, 0) is 16.1 Å². The second kappa shape index (κ2) is 7.31. The molecule has 0 spiro atoms. The molecule has 0 saturated heterocycles. The summed E-state index contributed by atoms with van der Waals surface area (Å²) in [6, 6.07) is 6.43. The lowest BCUT2D eigenvalue weighted by Gasteiger charge is -2.10. The Hall–Kier alpha value is -2.17. The Labute approximate surface area is 112 Å². The van der Waals surface area contributed by atoms with E-state index in [4.69, 9.17) is 0 Å². The molecule has 2 N–H and O–H groups in total. The third kappa shape index (κ3) is 4.91. The van der Waals surface area contributed by atoms with Crippen LogP contribution >= 0.6 is 0 Å². The normalized spacial score (nSPS) is 11.5. The fourth-order valence-corrected chi connectivity index (χ4v) is 1.48. The largest absolute Gasteiger partial charge is 0.352 e. The Kier molecular flexibility index (Phi) is 5.73. The van der Waals surface area contributed by atoms with Crippen molar-refractivity contribution in [3.05, 3.63) is 35.4 Å². The van der Waals surface area contributed by atoms with Crippen molar-refractivity contribution in [3.8, 4) is 0 Å². The lowest BCUT2D eigenvalue weighted by atomic mass is 10.1. The highest BCUT2D eigenvalue weighted by atomic mass is 16.2. The molecule has 0 radical (unpaired) electrons. The molecule has 1 aromatic carbocycles. The van der Waals surface area contributed by atoms with Gasteiger partial charge in [-0.2, -0.15) is 0 Å². The van der Waals surface area contributed by atoms with Gasteiger partial charge in [0.25, 0.3) is 5.91 Å². The summed E-state index contributed by atoms with van der Waals surface area (Å²) in [5.41, 5.74) is 1.40. The minimum Gasteiger partial charge on any atom is -0.352 e. The first-order valence-corrected chi connectivity index (χ1v) is 6.16. The smallest absolute Gasteiger partial charge is 0.251 e. The molecule has 0 heterocycles.